The van der Waals surface area contributed by atoms with Crippen molar-refractivity contribution in [2.45, 2.75) is 13.0 Å². The highest BCUT2D eigenvalue weighted by Gasteiger charge is 2.16. The molecule has 0 saturated carbocycles. The van der Waals surface area contributed by atoms with Crippen LogP contribution in [-0.4, -0.2) is 29.4 Å². The number of halogens is 1. The van der Waals surface area contributed by atoms with E-state index < -0.39 is 10.8 Å². The average Bonchev–Trinajstić information content (AvgIpc) is 2.71. The zero-order valence-electron chi connectivity index (χ0n) is 9.79. The molecule has 17 heavy (non-hydrogen) atoms. The molecule has 1 aromatic rings. The molecule has 3 nitrogen and oxygen atoms in total. The molecule has 0 radical (unpaired) electrons. The Kier molecular flexibility index (Phi) is 4.59. The highest BCUT2D eigenvalue weighted by atomic mass is 79.9. The smallest absolute Gasteiger partial charge is 0.127 e. The lowest BCUT2D eigenvalue weighted by atomic mass is 10.1. The molecular formula is C12H16BrNO2S. The summed E-state index contributed by atoms with van der Waals surface area (Å²) in [6.45, 7) is 2.31. The predicted octanol–water partition coefficient (Wildman–Crippen LogP) is 1.85. The van der Waals surface area contributed by atoms with Gasteiger partial charge in [-0.15, -0.1) is 0 Å². The molecule has 1 aromatic carbocycles. The molecule has 94 valence electrons. The van der Waals surface area contributed by atoms with E-state index in [9.17, 15) is 4.21 Å². The van der Waals surface area contributed by atoms with Crippen molar-refractivity contribution in [3.8, 4) is 5.75 Å². The third kappa shape index (κ3) is 3.53. The van der Waals surface area contributed by atoms with Gasteiger partial charge in [-0.3, -0.25) is 4.21 Å². The first-order valence-electron chi connectivity index (χ1n) is 5.61. The van der Waals surface area contributed by atoms with Crippen LogP contribution in [0.15, 0.2) is 16.6 Å². The molecule has 0 fully saturated rings. The third-order valence-corrected chi connectivity index (χ3v) is 3.94. The van der Waals surface area contributed by atoms with Gasteiger partial charge in [-0.05, 0) is 17.7 Å². The van der Waals surface area contributed by atoms with Crippen LogP contribution < -0.4 is 10.1 Å². The van der Waals surface area contributed by atoms with Gasteiger partial charge in [0.25, 0.3) is 0 Å². The summed E-state index contributed by atoms with van der Waals surface area (Å²) in [7, 11) is -0.730. The molecule has 1 atom stereocenters. The predicted molar refractivity (Wildman–Crippen MR) is 74.0 cm³/mol. The highest BCUT2D eigenvalue weighted by molar-refractivity contribution is 9.10. The quantitative estimate of drug-likeness (QED) is 0.842. The number of fused-ring (bicyclic) bond motifs is 1. The minimum atomic E-state index is -0.730. The molecule has 0 spiro atoms. The van der Waals surface area contributed by atoms with Gasteiger partial charge in [-0.25, -0.2) is 0 Å². The van der Waals surface area contributed by atoms with Crippen molar-refractivity contribution < 1.29 is 8.95 Å². The van der Waals surface area contributed by atoms with Crippen LogP contribution in [0.3, 0.4) is 0 Å². The van der Waals surface area contributed by atoms with E-state index in [1.165, 1.54) is 11.1 Å². The summed E-state index contributed by atoms with van der Waals surface area (Å²) in [6.07, 6.45) is 2.71. The van der Waals surface area contributed by atoms with Crippen molar-refractivity contribution in [3.05, 3.63) is 27.7 Å². The van der Waals surface area contributed by atoms with E-state index in [4.69, 9.17) is 4.74 Å². The fourth-order valence-corrected chi connectivity index (χ4v) is 2.90. The van der Waals surface area contributed by atoms with E-state index in [2.05, 4.69) is 33.4 Å². The molecule has 0 bridgehead atoms. The van der Waals surface area contributed by atoms with Crippen molar-refractivity contribution in [1.82, 2.24) is 5.32 Å². The van der Waals surface area contributed by atoms with Gasteiger partial charge in [-0.2, -0.15) is 0 Å². The van der Waals surface area contributed by atoms with Crippen LogP contribution in [0.4, 0.5) is 0 Å². The molecule has 0 aromatic heterocycles. The molecule has 2 rings (SSSR count). The van der Waals surface area contributed by atoms with Crippen LogP contribution >= 0.6 is 15.9 Å². The maximum Gasteiger partial charge on any atom is 0.127 e. The average molecular weight is 318 g/mol. The molecule has 1 aliphatic heterocycles. The summed E-state index contributed by atoms with van der Waals surface area (Å²) in [6, 6.07) is 4.20. The Morgan fingerprint density at radius 2 is 2.35 bits per heavy atom. The first-order chi connectivity index (χ1) is 8.16. The standard InChI is InChI=1S/C12H16BrNO2S/c1-17(15)5-3-14-8-10-7-11(13)6-9-2-4-16-12(9)10/h6-7,14H,2-5,8H2,1H3. The van der Waals surface area contributed by atoms with E-state index in [0.29, 0.717) is 5.75 Å². The zero-order chi connectivity index (χ0) is 12.3. The molecule has 0 amide bonds. The van der Waals surface area contributed by atoms with Crippen LogP contribution in [0.5, 0.6) is 5.75 Å². The third-order valence-electron chi connectivity index (χ3n) is 2.71. The van der Waals surface area contributed by atoms with Crippen molar-refractivity contribution >= 4 is 26.7 Å². The van der Waals surface area contributed by atoms with Crippen molar-refractivity contribution in [3.63, 3.8) is 0 Å². The second-order valence-corrected chi connectivity index (χ2v) is 6.58. The lowest BCUT2D eigenvalue weighted by molar-refractivity contribution is 0.352. The van der Waals surface area contributed by atoms with Crippen molar-refractivity contribution in [2.75, 3.05) is 25.2 Å². The first kappa shape index (κ1) is 13.1. The Balaban J connectivity index is 1.98. The second kappa shape index (κ2) is 5.98. The molecule has 1 unspecified atom stereocenters. The zero-order valence-corrected chi connectivity index (χ0v) is 12.2. The highest BCUT2D eigenvalue weighted by Crippen LogP contribution is 2.32. The maximum atomic E-state index is 10.9. The van der Waals surface area contributed by atoms with Crippen molar-refractivity contribution in [2.24, 2.45) is 0 Å². The Hall–Kier alpha value is -0.390. The van der Waals surface area contributed by atoms with E-state index in [1.807, 2.05) is 0 Å². The number of rotatable bonds is 5. The molecular weight excluding hydrogens is 302 g/mol. The van der Waals surface area contributed by atoms with Gasteiger partial charge in [0.2, 0.25) is 0 Å². The van der Waals surface area contributed by atoms with Crippen molar-refractivity contribution in [1.29, 1.82) is 0 Å². The van der Waals surface area contributed by atoms with Crippen LogP contribution in [0.25, 0.3) is 0 Å². The van der Waals surface area contributed by atoms with E-state index in [-0.39, 0.29) is 0 Å². The molecule has 1 heterocycles. The molecule has 1 N–H and O–H groups in total. The Morgan fingerprint density at radius 3 is 3.12 bits per heavy atom. The van der Waals surface area contributed by atoms with Gasteiger partial charge in [-0.1, -0.05) is 15.9 Å². The lowest BCUT2D eigenvalue weighted by Crippen LogP contribution is -2.20. The van der Waals surface area contributed by atoms with Gasteiger partial charge in [0.05, 0.1) is 6.61 Å². The summed E-state index contributed by atoms with van der Waals surface area (Å²) in [5, 5.41) is 3.30. The fraction of sp³-hybridized carbons (Fsp3) is 0.500. The van der Waals surface area contributed by atoms with E-state index in [1.54, 1.807) is 6.26 Å². The summed E-state index contributed by atoms with van der Waals surface area (Å²) >= 11 is 3.52. The minimum absolute atomic E-state index is 0.692. The van der Waals surface area contributed by atoms with Crippen LogP contribution in [0.2, 0.25) is 0 Å². The van der Waals surface area contributed by atoms with Crippen LogP contribution in [-0.2, 0) is 23.8 Å². The molecule has 5 heteroatoms. The number of nitrogens with one attached hydrogen (secondary N) is 1. The summed E-state index contributed by atoms with van der Waals surface area (Å²) in [5.74, 6) is 1.72. The minimum Gasteiger partial charge on any atom is -0.493 e. The molecule has 0 saturated heterocycles. The van der Waals surface area contributed by atoms with E-state index >= 15 is 0 Å². The monoisotopic (exact) mass is 317 g/mol. The SMILES string of the molecule is CS(=O)CCNCc1cc(Br)cc2c1OCC2. The number of ether oxygens (including phenoxy) is 1. The number of benzene rings is 1. The lowest BCUT2D eigenvalue weighted by Gasteiger charge is -2.10. The topological polar surface area (TPSA) is 38.3 Å². The Bertz CT molecular complexity index is 437. The van der Waals surface area contributed by atoms with Gasteiger partial charge in [0, 0.05) is 52.4 Å². The van der Waals surface area contributed by atoms with Gasteiger partial charge >= 0.3 is 0 Å². The molecule has 0 aliphatic carbocycles. The van der Waals surface area contributed by atoms with Crippen LogP contribution in [0.1, 0.15) is 11.1 Å². The van der Waals surface area contributed by atoms with Gasteiger partial charge < -0.3 is 10.1 Å². The van der Waals surface area contributed by atoms with Gasteiger partial charge in [0.15, 0.2) is 0 Å². The van der Waals surface area contributed by atoms with E-state index in [0.717, 1.165) is 36.3 Å². The maximum absolute atomic E-state index is 10.9. The summed E-state index contributed by atoms with van der Waals surface area (Å²) in [4.78, 5) is 0. The van der Waals surface area contributed by atoms with Crippen LogP contribution in [0, 0.1) is 0 Å². The summed E-state index contributed by atoms with van der Waals surface area (Å²) < 4.78 is 17.7. The Morgan fingerprint density at radius 1 is 1.53 bits per heavy atom. The number of hydrogen-bond acceptors (Lipinski definition) is 3. The molecule has 1 aliphatic rings. The summed E-state index contributed by atoms with van der Waals surface area (Å²) in [5.41, 5.74) is 2.45. The Labute approximate surface area is 113 Å². The largest absolute Gasteiger partial charge is 0.493 e. The number of hydrogen-bond donors (Lipinski definition) is 1. The normalized spacial score (nSPS) is 15.4. The first-order valence-corrected chi connectivity index (χ1v) is 8.13. The van der Waals surface area contributed by atoms with Gasteiger partial charge in [0.1, 0.15) is 5.75 Å². The fourth-order valence-electron chi connectivity index (χ4n) is 1.92. The second-order valence-electron chi connectivity index (χ2n) is 4.11.